The summed E-state index contributed by atoms with van der Waals surface area (Å²) in [6.07, 6.45) is 1.77. The number of carbonyl (C=O) groups excluding carboxylic acids is 3. The standard InChI is InChI=1S/C19H26FN3O3/c1-3-12(2)16(17(21)24)22-18(25)13-8-10-23(11-9-13)19(26)14-4-6-15(20)7-5-14/h4-7,12-13,16H,3,8-11H2,1-2H3,(H2,21,24)(H,22,25). The molecule has 6 nitrogen and oxygen atoms in total. The Balaban J connectivity index is 1.90. The molecule has 2 rings (SSSR count). The van der Waals surface area contributed by atoms with Crippen LogP contribution in [0.25, 0.3) is 0 Å². The quantitative estimate of drug-likeness (QED) is 0.806. The smallest absolute Gasteiger partial charge is 0.253 e. The molecule has 26 heavy (non-hydrogen) atoms. The third-order valence-electron chi connectivity index (χ3n) is 5.06. The monoisotopic (exact) mass is 363 g/mol. The van der Waals surface area contributed by atoms with E-state index in [-0.39, 0.29) is 29.5 Å². The number of nitrogens with one attached hydrogen (secondary N) is 1. The SMILES string of the molecule is CCC(C)C(NC(=O)C1CCN(C(=O)c2ccc(F)cc2)CC1)C(N)=O. The molecule has 142 valence electrons. The van der Waals surface area contributed by atoms with E-state index in [2.05, 4.69) is 5.32 Å². The lowest BCUT2D eigenvalue weighted by atomic mass is 9.93. The minimum absolute atomic E-state index is 0.0309. The van der Waals surface area contributed by atoms with E-state index >= 15 is 0 Å². The zero-order valence-electron chi connectivity index (χ0n) is 15.2. The highest BCUT2D eigenvalue weighted by atomic mass is 19.1. The van der Waals surface area contributed by atoms with E-state index in [1.54, 1.807) is 4.90 Å². The molecular formula is C19H26FN3O3. The Labute approximate surface area is 152 Å². The molecule has 1 heterocycles. The van der Waals surface area contributed by atoms with Crippen LogP contribution in [-0.4, -0.2) is 41.8 Å². The molecule has 1 saturated heterocycles. The molecule has 1 fully saturated rings. The van der Waals surface area contributed by atoms with E-state index in [0.29, 0.717) is 31.5 Å². The molecular weight excluding hydrogens is 337 g/mol. The number of halogens is 1. The second-order valence-electron chi connectivity index (χ2n) is 6.85. The number of likely N-dealkylation sites (tertiary alicyclic amines) is 1. The number of piperidine rings is 1. The molecule has 1 aromatic carbocycles. The summed E-state index contributed by atoms with van der Waals surface area (Å²) in [7, 11) is 0. The number of benzene rings is 1. The van der Waals surface area contributed by atoms with Crippen molar-refractivity contribution in [2.24, 2.45) is 17.6 Å². The summed E-state index contributed by atoms with van der Waals surface area (Å²) < 4.78 is 13.0. The van der Waals surface area contributed by atoms with Crippen molar-refractivity contribution in [3.05, 3.63) is 35.6 Å². The van der Waals surface area contributed by atoms with Gasteiger partial charge in [-0.15, -0.1) is 0 Å². The maximum atomic E-state index is 13.0. The number of nitrogens with two attached hydrogens (primary N) is 1. The highest BCUT2D eigenvalue weighted by Gasteiger charge is 2.31. The highest BCUT2D eigenvalue weighted by Crippen LogP contribution is 2.20. The summed E-state index contributed by atoms with van der Waals surface area (Å²) in [5, 5.41) is 2.76. The van der Waals surface area contributed by atoms with Gasteiger partial charge in [0.25, 0.3) is 5.91 Å². The summed E-state index contributed by atoms with van der Waals surface area (Å²) in [4.78, 5) is 38.1. The van der Waals surface area contributed by atoms with Crippen molar-refractivity contribution in [2.45, 2.75) is 39.2 Å². The van der Waals surface area contributed by atoms with Crippen LogP contribution in [0.1, 0.15) is 43.5 Å². The predicted octanol–water partition coefficient (Wildman–Crippen LogP) is 1.69. The van der Waals surface area contributed by atoms with Crippen molar-refractivity contribution in [3.63, 3.8) is 0 Å². The Bertz CT molecular complexity index is 654. The summed E-state index contributed by atoms with van der Waals surface area (Å²) in [5.41, 5.74) is 5.83. The topological polar surface area (TPSA) is 92.5 Å². The molecule has 3 N–H and O–H groups in total. The van der Waals surface area contributed by atoms with Gasteiger partial charge in [0.2, 0.25) is 11.8 Å². The van der Waals surface area contributed by atoms with Crippen LogP contribution in [0.2, 0.25) is 0 Å². The Morgan fingerprint density at radius 2 is 1.81 bits per heavy atom. The minimum atomic E-state index is -0.675. The Morgan fingerprint density at radius 3 is 2.31 bits per heavy atom. The Hall–Kier alpha value is -2.44. The second-order valence-corrected chi connectivity index (χ2v) is 6.85. The van der Waals surface area contributed by atoms with Gasteiger partial charge in [-0.05, 0) is 43.0 Å². The normalized spacial score (nSPS) is 17.4. The number of nitrogens with zero attached hydrogens (tertiary/aromatic N) is 1. The van der Waals surface area contributed by atoms with Gasteiger partial charge in [0.15, 0.2) is 0 Å². The zero-order chi connectivity index (χ0) is 19.3. The minimum Gasteiger partial charge on any atom is -0.368 e. The van der Waals surface area contributed by atoms with Crippen LogP contribution >= 0.6 is 0 Å². The van der Waals surface area contributed by atoms with Gasteiger partial charge in [-0.25, -0.2) is 4.39 Å². The lowest BCUT2D eigenvalue weighted by Crippen LogP contribution is -2.51. The van der Waals surface area contributed by atoms with Crippen molar-refractivity contribution < 1.29 is 18.8 Å². The summed E-state index contributed by atoms with van der Waals surface area (Å²) in [6, 6.07) is 4.75. The fraction of sp³-hybridized carbons (Fsp3) is 0.526. The number of carbonyl (C=O) groups is 3. The molecule has 0 aromatic heterocycles. The van der Waals surface area contributed by atoms with Crippen LogP contribution in [0.3, 0.4) is 0 Å². The van der Waals surface area contributed by atoms with Gasteiger partial charge >= 0.3 is 0 Å². The first-order valence-corrected chi connectivity index (χ1v) is 8.98. The Morgan fingerprint density at radius 1 is 1.23 bits per heavy atom. The summed E-state index contributed by atoms with van der Waals surface area (Å²) >= 11 is 0. The van der Waals surface area contributed by atoms with Gasteiger partial charge in [0.1, 0.15) is 11.9 Å². The molecule has 0 aliphatic carbocycles. The molecule has 0 bridgehead atoms. The molecule has 3 amide bonds. The van der Waals surface area contributed by atoms with Gasteiger partial charge in [0, 0.05) is 24.6 Å². The fourth-order valence-electron chi connectivity index (χ4n) is 3.12. The molecule has 1 aliphatic rings. The van der Waals surface area contributed by atoms with E-state index in [4.69, 9.17) is 5.73 Å². The van der Waals surface area contributed by atoms with Crippen molar-refractivity contribution in [1.29, 1.82) is 0 Å². The fourth-order valence-corrected chi connectivity index (χ4v) is 3.12. The van der Waals surface area contributed by atoms with Crippen LogP contribution < -0.4 is 11.1 Å². The highest BCUT2D eigenvalue weighted by molar-refractivity contribution is 5.94. The summed E-state index contributed by atoms with van der Waals surface area (Å²) in [6.45, 7) is 4.70. The maximum Gasteiger partial charge on any atom is 0.253 e. The van der Waals surface area contributed by atoms with E-state index in [0.717, 1.165) is 6.42 Å². The van der Waals surface area contributed by atoms with Gasteiger partial charge in [0.05, 0.1) is 0 Å². The predicted molar refractivity (Wildman–Crippen MR) is 95.6 cm³/mol. The first-order valence-electron chi connectivity index (χ1n) is 8.98. The molecule has 0 radical (unpaired) electrons. The van der Waals surface area contributed by atoms with E-state index in [9.17, 15) is 18.8 Å². The van der Waals surface area contributed by atoms with Crippen molar-refractivity contribution in [3.8, 4) is 0 Å². The van der Waals surface area contributed by atoms with Crippen LogP contribution in [0.5, 0.6) is 0 Å². The first-order chi connectivity index (χ1) is 12.3. The van der Waals surface area contributed by atoms with Gasteiger partial charge in [-0.3, -0.25) is 14.4 Å². The van der Waals surface area contributed by atoms with Crippen molar-refractivity contribution in [1.82, 2.24) is 10.2 Å². The average molecular weight is 363 g/mol. The molecule has 0 saturated carbocycles. The van der Waals surface area contributed by atoms with Gasteiger partial charge in [-0.1, -0.05) is 20.3 Å². The van der Waals surface area contributed by atoms with E-state index < -0.39 is 11.9 Å². The molecule has 2 atom stereocenters. The molecule has 2 unspecified atom stereocenters. The van der Waals surface area contributed by atoms with Crippen LogP contribution in [0.15, 0.2) is 24.3 Å². The third kappa shape index (κ3) is 4.80. The number of hydrogen-bond donors (Lipinski definition) is 2. The second kappa shape index (κ2) is 8.78. The zero-order valence-corrected chi connectivity index (χ0v) is 15.2. The van der Waals surface area contributed by atoms with Gasteiger partial charge in [-0.2, -0.15) is 0 Å². The molecule has 1 aromatic rings. The number of amides is 3. The largest absolute Gasteiger partial charge is 0.368 e. The summed E-state index contributed by atoms with van der Waals surface area (Å²) in [5.74, 6) is -1.56. The van der Waals surface area contributed by atoms with Crippen molar-refractivity contribution in [2.75, 3.05) is 13.1 Å². The molecule has 7 heteroatoms. The maximum absolute atomic E-state index is 13.0. The van der Waals surface area contributed by atoms with Crippen LogP contribution in [0.4, 0.5) is 4.39 Å². The third-order valence-corrected chi connectivity index (χ3v) is 5.06. The van der Waals surface area contributed by atoms with Crippen LogP contribution in [-0.2, 0) is 9.59 Å². The van der Waals surface area contributed by atoms with E-state index in [1.807, 2.05) is 13.8 Å². The molecule has 0 spiro atoms. The van der Waals surface area contributed by atoms with Crippen LogP contribution in [0, 0.1) is 17.7 Å². The van der Waals surface area contributed by atoms with Crippen molar-refractivity contribution >= 4 is 17.7 Å². The average Bonchev–Trinajstić information content (AvgIpc) is 2.65. The Kier molecular flexibility index (Phi) is 6.71. The number of primary amides is 1. The lowest BCUT2D eigenvalue weighted by molar-refractivity contribution is -0.131. The molecule has 1 aliphatic heterocycles. The first kappa shape index (κ1) is 19.9. The lowest BCUT2D eigenvalue weighted by Gasteiger charge is -2.32. The number of rotatable bonds is 6. The van der Waals surface area contributed by atoms with Gasteiger partial charge < -0.3 is 16.0 Å². The number of hydrogen-bond acceptors (Lipinski definition) is 3. The van der Waals surface area contributed by atoms with E-state index in [1.165, 1.54) is 24.3 Å².